The molecular formula is C13H23F3N2O. The van der Waals surface area contributed by atoms with Gasteiger partial charge in [-0.25, -0.2) is 0 Å². The van der Waals surface area contributed by atoms with E-state index in [9.17, 15) is 18.0 Å². The second-order valence-electron chi connectivity index (χ2n) is 5.73. The summed E-state index contributed by atoms with van der Waals surface area (Å²) in [4.78, 5) is 11.8. The highest BCUT2D eigenvalue weighted by Crippen LogP contribution is 2.38. The molecule has 0 radical (unpaired) electrons. The average molecular weight is 280 g/mol. The molecule has 0 aliphatic heterocycles. The third-order valence-corrected chi connectivity index (χ3v) is 3.83. The minimum Gasteiger partial charge on any atom is -0.353 e. The van der Waals surface area contributed by atoms with Crippen LogP contribution in [0, 0.1) is 5.41 Å². The van der Waals surface area contributed by atoms with Crippen LogP contribution in [0.1, 0.15) is 51.9 Å². The van der Waals surface area contributed by atoms with Crippen molar-refractivity contribution in [3.63, 3.8) is 0 Å². The van der Waals surface area contributed by atoms with Crippen LogP contribution in [0.3, 0.4) is 0 Å². The molecule has 0 saturated heterocycles. The van der Waals surface area contributed by atoms with Crippen LogP contribution in [0.4, 0.5) is 13.2 Å². The van der Waals surface area contributed by atoms with Gasteiger partial charge in [0.05, 0.1) is 6.42 Å². The number of hydrogen-bond acceptors (Lipinski definition) is 2. The van der Waals surface area contributed by atoms with E-state index in [1.54, 1.807) is 0 Å². The topological polar surface area (TPSA) is 55.1 Å². The van der Waals surface area contributed by atoms with Crippen LogP contribution in [0.2, 0.25) is 0 Å². The van der Waals surface area contributed by atoms with Gasteiger partial charge in [0.1, 0.15) is 0 Å². The summed E-state index contributed by atoms with van der Waals surface area (Å²) in [6, 6.07) is -0.883. The quantitative estimate of drug-likeness (QED) is 0.813. The van der Waals surface area contributed by atoms with Gasteiger partial charge < -0.3 is 11.1 Å². The van der Waals surface area contributed by atoms with Gasteiger partial charge in [-0.1, -0.05) is 19.3 Å². The maximum Gasteiger partial charge on any atom is 0.391 e. The van der Waals surface area contributed by atoms with Gasteiger partial charge in [-0.3, -0.25) is 4.79 Å². The van der Waals surface area contributed by atoms with Crippen molar-refractivity contribution in [2.45, 2.75) is 64.1 Å². The van der Waals surface area contributed by atoms with Crippen LogP contribution in [-0.4, -0.2) is 24.7 Å². The lowest BCUT2D eigenvalue weighted by Crippen LogP contribution is -2.42. The number of halogens is 3. The number of carbonyl (C=O) groups excluding carboxylic acids is 1. The summed E-state index contributed by atoms with van der Waals surface area (Å²) in [6.07, 6.45) is 0.0251. The third-order valence-electron chi connectivity index (χ3n) is 3.83. The molecule has 3 N–H and O–H groups in total. The fraction of sp³-hybridized carbons (Fsp3) is 0.923. The minimum atomic E-state index is -4.25. The van der Waals surface area contributed by atoms with Crippen LogP contribution < -0.4 is 11.1 Å². The molecule has 3 nitrogen and oxygen atoms in total. The van der Waals surface area contributed by atoms with Gasteiger partial charge in [0, 0.05) is 12.5 Å². The summed E-state index contributed by atoms with van der Waals surface area (Å²) in [5.41, 5.74) is 5.55. The Morgan fingerprint density at radius 2 is 1.89 bits per heavy atom. The van der Waals surface area contributed by atoms with Gasteiger partial charge in [-0.05, 0) is 31.7 Å². The fourth-order valence-corrected chi connectivity index (χ4v) is 2.82. The SMILES string of the molecule is CC(CC(F)(F)F)NC(=O)CC1(CN)CCCCC1. The second kappa shape index (κ2) is 6.59. The minimum absolute atomic E-state index is 0.208. The molecule has 0 aromatic carbocycles. The molecule has 0 spiro atoms. The van der Waals surface area contributed by atoms with Crippen molar-refractivity contribution in [2.24, 2.45) is 11.1 Å². The molecule has 19 heavy (non-hydrogen) atoms. The molecule has 0 aromatic heterocycles. The number of rotatable bonds is 5. The first kappa shape index (κ1) is 16.3. The molecule has 0 bridgehead atoms. The van der Waals surface area contributed by atoms with Crippen molar-refractivity contribution in [2.75, 3.05) is 6.54 Å². The van der Waals surface area contributed by atoms with Crippen molar-refractivity contribution < 1.29 is 18.0 Å². The summed E-state index contributed by atoms with van der Waals surface area (Å²) in [6.45, 7) is 1.80. The largest absolute Gasteiger partial charge is 0.391 e. The predicted octanol–water partition coefficient (Wildman–Crippen LogP) is 2.74. The molecule has 6 heteroatoms. The zero-order valence-corrected chi connectivity index (χ0v) is 11.4. The predicted molar refractivity (Wildman–Crippen MR) is 67.5 cm³/mol. The van der Waals surface area contributed by atoms with E-state index in [4.69, 9.17) is 5.73 Å². The number of carbonyl (C=O) groups is 1. The molecule has 1 amide bonds. The smallest absolute Gasteiger partial charge is 0.353 e. The molecule has 1 atom stereocenters. The Morgan fingerprint density at radius 3 is 2.37 bits per heavy atom. The van der Waals surface area contributed by atoms with E-state index in [0.29, 0.717) is 6.54 Å². The van der Waals surface area contributed by atoms with E-state index in [-0.39, 0.29) is 17.7 Å². The van der Waals surface area contributed by atoms with Crippen LogP contribution >= 0.6 is 0 Å². The monoisotopic (exact) mass is 280 g/mol. The van der Waals surface area contributed by atoms with E-state index >= 15 is 0 Å². The molecule has 1 aliphatic rings. The maximum atomic E-state index is 12.2. The van der Waals surface area contributed by atoms with Crippen molar-refractivity contribution in [1.29, 1.82) is 0 Å². The number of alkyl halides is 3. The van der Waals surface area contributed by atoms with E-state index in [2.05, 4.69) is 5.32 Å². The molecule has 1 rings (SSSR count). The van der Waals surface area contributed by atoms with E-state index in [1.165, 1.54) is 6.92 Å². The lowest BCUT2D eigenvalue weighted by molar-refractivity contribution is -0.141. The van der Waals surface area contributed by atoms with Gasteiger partial charge in [0.2, 0.25) is 5.91 Å². The van der Waals surface area contributed by atoms with Gasteiger partial charge in [-0.2, -0.15) is 13.2 Å². The average Bonchev–Trinajstić information content (AvgIpc) is 2.27. The normalized spacial score (nSPS) is 20.9. The van der Waals surface area contributed by atoms with E-state index in [0.717, 1.165) is 32.1 Å². The van der Waals surface area contributed by atoms with Crippen LogP contribution in [0.25, 0.3) is 0 Å². The molecule has 1 unspecified atom stereocenters. The Hall–Kier alpha value is -0.780. The maximum absolute atomic E-state index is 12.2. The van der Waals surface area contributed by atoms with Crippen molar-refractivity contribution >= 4 is 5.91 Å². The first-order valence-corrected chi connectivity index (χ1v) is 6.82. The standard InChI is InChI=1S/C13H23F3N2O/c1-10(7-13(14,15)16)18-11(19)8-12(9-17)5-3-2-4-6-12/h10H,2-9,17H2,1H3,(H,18,19). The fourth-order valence-electron chi connectivity index (χ4n) is 2.82. The third kappa shape index (κ3) is 5.80. The number of amides is 1. The Kier molecular flexibility index (Phi) is 5.64. The molecule has 1 aliphatic carbocycles. The van der Waals surface area contributed by atoms with Crippen LogP contribution in [0.5, 0.6) is 0 Å². The van der Waals surface area contributed by atoms with Gasteiger partial charge >= 0.3 is 6.18 Å². The highest BCUT2D eigenvalue weighted by Gasteiger charge is 2.34. The first-order valence-electron chi connectivity index (χ1n) is 6.82. The molecule has 1 fully saturated rings. The summed E-state index contributed by atoms with van der Waals surface area (Å²) in [5, 5.41) is 2.43. The summed E-state index contributed by atoms with van der Waals surface area (Å²) >= 11 is 0. The Morgan fingerprint density at radius 1 is 1.32 bits per heavy atom. The van der Waals surface area contributed by atoms with Crippen LogP contribution in [-0.2, 0) is 4.79 Å². The van der Waals surface area contributed by atoms with Gasteiger partial charge in [0.15, 0.2) is 0 Å². The molecule has 1 saturated carbocycles. The Balaban J connectivity index is 2.45. The summed E-state index contributed by atoms with van der Waals surface area (Å²) in [5.74, 6) is -0.316. The first-order chi connectivity index (χ1) is 8.76. The number of hydrogen-bond donors (Lipinski definition) is 2. The zero-order chi connectivity index (χ0) is 14.5. The van der Waals surface area contributed by atoms with Crippen molar-refractivity contribution in [1.82, 2.24) is 5.32 Å². The summed E-state index contributed by atoms with van der Waals surface area (Å²) < 4.78 is 36.6. The lowest BCUT2D eigenvalue weighted by atomic mass is 9.71. The zero-order valence-electron chi connectivity index (χ0n) is 11.4. The highest BCUT2D eigenvalue weighted by atomic mass is 19.4. The molecular weight excluding hydrogens is 257 g/mol. The number of nitrogens with one attached hydrogen (secondary N) is 1. The summed E-state index contributed by atoms with van der Waals surface area (Å²) in [7, 11) is 0. The van der Waals surface area contributed by atoms with E-state index < -0.39 is 18.6 Å². The number of nitrogens with two attached hydrogens (primary N) is 1. The lowest BCUT2D eigenvalue weighted by Gasteiger charge is -2.36. The highest BCUT2D eigenvalue weighted by molar-refractivity contribution is 5.77. The molecule has 0 heterocycles. The van der Waals surface area contributed by atoms with E-state index in [1.807, 2.05) is 0 Å². The Labute approximate surface area is 112 Å². The van der Waals surface area contributed by atoms with Crippen molar-refractivity contribution in [3.8, 4) is 0 Å². The van der Waals surface area contributed by atoms with Crippen molar-refractivity contribution in [3.05, 3.63) is 0 Å². The molecule has 0 aromatic rings. The van der Waals surface area contributed by atoms with Gasteiger partial charge in [-0.15, -0.1) is 0 Å². The molecule has 112 valence electrons. The second-order valence-corrected chi connectivity index (χ2v) is 5.73. The Bertz CT molecular complexity index is 299. The van der Waals surface area contributed by atoms with Crippen LogP contribution in [0.15, 0.2) is 0 Å². The van der Waals surface area contributed by atoms with Gasteiger partial charge in [0.25, 0.3) is 0 Å².